The van der Waals surface area contributed by atoms with Crippen molar-refractivity contribution < 1.29 is 4.74 Å². The van der Waals surface area contributed by atoms with E-state index in [-0.39, 0.29) is 24.0 Å². The van der Waals surface area contributed by atoms with E-state index in [1.165, 1.54) is 11.1 Å². The first kappa shape index (κ1) is 23.2. The summed E-state index contributed by atoms with van der Waals surface area (Å²) in [5.41, 5.74) is 2.62. The Morgan fingerprint density at radius 1 is 1.27 bits per heavy atom. The van der Waals surface area contributed by atoms with Gasteiger partial charge in [0, 0.05) is 33.3 Å². The van der Waals surface area contributed by atoms with Crippen LogP contribution in [0.25, 0.3) is 0 Å². The van der Waals surface area contributed by atoms with Gasteiger partial charge >= 0.3 is 0 Å². The number of ether oxygens (including phenoxy) is 1. The Hall–Kier alpha value is -0.860. The summed E-state index contributed by atoms with van der Waals surface area (Å²) in [4.78, 5) is 9.09. The predicted octanol–water partition coefficient (Wildman–Crippen LogP) is 3.29. The Morgan fingerprint density at radius 2 is 1.88 bits per heavy atom. The maximum Gasteiger partial charge on any atom is 0.193 e. The van der Waals surface area contributed by atoms with Gasteiger partial charge in [-0.25, -0.2) is 0 Å². The number of rotatable bonds is 6. The van der Waals surface area contributed by atoms with E-state index >= 15 is 0 Å². The Kier molecular flexibility index (Phi) is 10.5. The molecule has 1 heterocycles. The molecule has 1 aliphatic heterocycles. The van der Waals surface area contributed by atoms with Gasteiger partial charge in [-0.1, -0.05) is 29.8 Å². The van der Waals surface area contributed by atoms with Gasteiger partial charge < -0.3 is 19.9 Å². The zero-order valence-corrected chi connectivity index (χ0v) is 19.2. The molecule has 26 heavy (non-hydrogen) atoms. The minimum atomic E-state index is 0. The van der Waals surface area contributed by atoms with E-state index < -0.39 is 0 Å². The van der Waals surface area contributed by atoms with Crippen molar-refractivity contribution in [3.05, 3.63) is 35.4 Å². The van der Waals surface area contributed by atoms with Crippen molar-refractivity contribution in [1.82, 2.24) is 15.1 Å². The van der Waals surface area contributed by atoms with Crippen LogP contribution in [0.4, 0.5) is 0 Å². The zero-order chi connectivity index (χ0) is 18.2. The molecule has 0 aliphatic carbocycles. The van der Waals surface area contributed by atoms with Gasteiger partial charge in [0.25, 0.3) is 0 Å². The second-order valence-electron chi connectivity index (χ2n) is 6.96. The minimum absolute atomic E-state index is 0. The van der Waals surface area contributed by atoms with Crippen LogP contribution in [-0.2, 0) is 4.74 Å². The molecule has 1 aromatic carbocycles. The van der Waals surface area contributed by atoms with Gasteiger partial charge in [0.1, 0.15) is 0 Å². The molecule has 0 aromatic heterocycles. The number of piperidine rings is 1. The highest BCUT2D eigenvalue weighted by atomic mass is 127. The van der Waals surface area contributed by atoms with Crippen molar-refractivity contribution in [1.29, 1.82) is 0 Å². The summed E-state index contributed by atoms with van der Waals surface area (Å²) in [5.74, 6) is 0.994. The second kappa shape index (κ2) is 11.8. The van der Waals surface area contributed by atoms with Crippen LogP contribution in [0.5, 0.6) is 0 Å². The molecule has 0 saturated carbocycles. The molecule has 0 bridgehead atoms. The SMILES string of the molecule is CCOC1CCN(C(=NC)NCC(c2ccc(C)cc2)N(C)C)CC1.I. The second-order valence-corrected chi connectivity index (χ2v) is 6.96. The lowest BCUT2D eigenvalue weighted by Gasteiger charge is -2.35. The Balaban J connectivity index is 0.00000338. The van der Waals surface area contributed by atoms with Crippen LogP contribution in [0.15, 0.2) is 29.3 Å². The Morgan fingerprint density at radius 3 is 2.38 bits per heavy atom. The van der Waals surface area contributed by atoms with Crippen molar-refractivity contribution >= 4 is 29.9 Å². The van der Waals surface area contributed by atoms with Gasteiger partial charge in [-0.3, -0.25) is 4.99 Å². The number of likely N-dealkylation sites (N-methyl/N-ethyl adjacent to an activating group) is 1. The fourth-order valence-electron chi connectivity index (χ4n) is 3.38. The molecule has 1 saturated heterocycles. The Bertz CT molecular complexity index is 539. The molecule has 1 aliphatic rings. The number of nitrogens with one attached hydrogen (secondary N) is 1. The highest BCUT2D eigenvalue weighted by Gasteiger charge is 2.22. The fourth-order valence-corrected chi connectivity index (χ4v) is 3.38. The van der Waals surface area contributed by atoms with E-state index in [2.05, 4.69) is 72.3 Å². The molecule has 1 unspecified atom stereocenters. The maximum atomic E-state index is 5.75. The van der Waals surface area contributed by atoms with Gasteiger partial charge in [-0.2, -0.15) is 0 Å². The monoisotopic (exact) mass is 474 g/mol. The lowest BCUT2D eigenvalue weighted by molar-refractivity contribution is 0.0263. The summed E-state index contributed by atoms with van der Waals surface area (Å²) in [5, 5.41) is 3.57. The quantitative estimate of drug-likeness (QED) is 0.390. The van der Waals surface area contributed by atoms with E-state index in [1.54, 1.807) is 0 Å². The number of guanidine groups is 1. The number of hydrogen-bond acceptors (Lipinski definition) is 3. The average molecular weight is 474 g/mol. The molecule has 148 valence electrons. The minimum Gasteiger partial charge on any atom is -0.378 e. The van der Waals surface area contributed by atoms with Crippen LogP contribution < -0.4 is 5.32 Å². The van der Waals surface area contributed by atoms with Gasteiger partial charge in [0.05, 0.1) is 12.1 Å². The van der Waals surface area contributed by atoms with Crippen molar-refractivity contribution in [2.24, 2.45) is 4.99 Å². The van der Waals surface area contributed by atoms with Crippen molar-refractivity contribution in [3.63, 3.8) is 0 Å². The van der Waals surface area contributed by atoms with Gasteiger partial charge in [0.2, 0.25) is 0 Å². The van der Waals surface area contributed by atoms with Crippen molar-refractivity contribution in [2.45, 2.75) is 38.8 Å². The lowest BCUT2D eigenvalue weighted by Crippen LogP contribution is -2.48. The third kappa shape index (κ3) is 6.70. The molecular weight excluding hydrogens is 439 g/mol. The average Bonchev–Trinajstić information content (AvgIpc) is 2.61. The summed E-state index contributed by atoms with van der Waals surface area (Å²) < 4.78 is 5.75. The number of nitrogens with zero attached hydrogens (tertiary/aromatic N) is 3. The summed E-state index contributed by atoms with van der Waals surface area (Å²) in [6, 6.07) is 9.12. The van der Waals surface area contributed by atoms with Crippen LogP contribution in [-0.4, -0.2) is 69.2 Å². The molecule has 5 nitrogen and oxygen atoms in total. The van der Waals surface area contributed by atoms with E-state index in [1.807, 2.05) is 7.05 Å². The van der Waals surface area contributed by atoms with E-state index in [9.17, 15) is 0 Å². The first-order valence-corrected chi connectivity index (χ1v) is 9.35. The summed E-state index contributed by atoms with van der Waals surface area (Å²) >= 11 is 0. The van der Waals surface area contributed by atoms with E-state index in [0.717, 1.165) is 45.0 Å². The first-order chi connectivity index (χ1) is 12.0. The van der Waals surface area contributed by atoms with Crippen molar-refractivity contribution in [2.75, 3.05) is 47.4 Å². The van der Waals surface area contributed by atoms with Crippen molar-refractivity contribution in [3.8, 4) is 0 Å². The lowest BCUT2D eigenvalue weighted by atomic mass is 10.0. The molecule has 1 atom stereocenters. The smallest absolute Gasteiger partial charge is 0.193 e. The number of halogens is 1. The van der Waals surface area contributed by atoms with Gasteiger partial charge in [-0.05, 0) is 46.3 Å². The van der Waals surface area contributed by atoms with Crippen LogP contribution in [0, 0.1) is 6.92 Å². The van der Waals surface area contributed by atoms with Gasteiger partial charge in [-0.15, -0.1) is 24.0 Å². The summed E-state index contributed by atoms with van der Waals surface area (Å²) in [6.07, 6.45) is 2.55. The predicted molar refractivity (Wildman–Crippen MR) is 121 cm³/mol. The molecule has 0 radical (unpaired) electrons. The third-order valence-electron chi connectivity index (χ3n) is 4.89. The first-order valence-electron chi connectivity index (χ1n) is 9.35. The normalized spacial score (nSPS) is 17.2. The number of likely N-dealkylation sites (tertiary alicyclic amines) is 1. The van der Waals surface area contributed by atoms with E-state index in [0.29, 0.717) is 12.1 Å². The summed E-state index contributed by atoms with van der Waals surface area (Å²) in [7, 11) is 6.12. The Labute approximate surface area is 176 Å². The maximum absolute atomic E-state index is 5.75. The number of aliphatic imine (C=N–C) groups is 1. The topological polar surface area (TPSA) is 40.1 Å². The number of hydrogen-bond donors (Lipinski definition) is 1. The van der Waals surface area contributed by atoms with Crippen LogP contribution >= 0.6 is 24.0 Å². The van der Waals surface area contributed by atoms with Crippen LogP contribution in [0.3, 0.4) is 0 Å². The van der Waals surface area contributed by atoms with Crippen LogP contribution in [0.1, 0.15) is 36.9 Å². The number of aryl methyl sites for hydroxylation is 1. The molecular formula is C20H35IN4O. The van der Waals surface area contributed by atoms with Gasteiger partial charge in [0.15, 0.2) is 5.96 Å². The molecule has 1 N–H and O–H groups in total. The third-order valence-corrected chi connectivity index (χ3v) is 4.89. The zero-order valence-electron chi connectivity index (χ0n) is 16.9. The highest BCUT2D eigenvalue weighted by Crippen LogP contribution is 2.19. The van der Waals surface area contributed by atoms with E-state index in [4.69, 9.17) is 4.74 Å². The molecule has 2 rings (SSSR count). The summed E-state index contributed by atoms with van der Waals surface area (Å²) in [6.45, 7) is 7.84. The molecule has 0 spiro atoms. The molecule has 0 amide bonds. The molecule has 1 fully saturated rings. The fraction of sp³-hybridized carbons (Fsp3) is 0.650. The van der Waals surface area contributed by atoms with Crippen LogP contribution in [0.2, 0.25) is 0 Å². The highest BCUT2D eigenvalue weighted by molar-refractivity contribution is 14.0. The largest absolute Gasteiger partial charge is 0.378 e. The number of benzene rings is 1. The molecule has 1 aromatic rings. The standard InChI is InChI=1S/C20H34N4O.HI/c1-6-25-18-11-13-24(14-12-18)20(21-3)22-15-19(23(4)5)17-9-7-16(2)8-10-17;/h7-10,18-19H,6,11-15H2,1-5H3,(H,21,22);1H. The molecule has 6 heteroatoms.